The minimum Gasteiger partial charge on any atom is -0.481 e. The van der Waals surface area contributed by atoms with Crippen LogP contribution in [0.5, 0.6) is 0 Å². The van der Waals surface area contributed by atoms with E-state index < -0.39 is 24.0 Å². The number of aliphatic carboxylic acids is 1. The molecule has 0 aromatic heterocycles. The molecule has 2 fully saturated rings. The van der Waals surface area contributed by atoms with Crippen LogP contribution >= 0.6 is 0 Å². The van der Waals surface area contributed by atoms with E-state index in [2.05, 4.69) is 6.92 Å². The van der Waals surface area contributed by atoms with E-state index in [1.807, 2.05) is 12.2 Å². The summed E-state index contributed by atoms with van der Waals surface area (Å²) < 4.78 is 11.9. The lowest BCUT2D eigenvalue weighted by Gasteiger charge is -2.31. The van der Waals surface area contributed by atoms with Crippen molar-refractivity contribution in [1.82, 2.24) is 0 Å². The van der Waals surface area contributed by atoms with Gasteiger partial charge in [0.15, 0.2) is 5.79 Å². The number of carboxylic acids is 1. The molecule has 1 saturated carbocycles. The highest BCUT2D eigenvalue weighted by Crippen LogP contribution is 2.41. The summed E-state index contributed by atoms with van der Waals surface area (Å²) >= 11 is 0. The molecule has 28 heavy (non-hydrogen) atoms. The van der Waals surface area contributed by atoms with Crippen molar-refractivity contribution in [2.24, 2.45) is 11.8 Å². The Balaban J connectivity index is 1.84. The molecule has 6 heteroatoms. The number of aliphatic hydroxyl groups excluding tert-OH is 2. The maximum Gasteiger partial charge on any atom is 0.303 e. The van der Waals surface area contributed by atoms with Crippen LogP contribution in [-0.4, -0.2) is 52.5 Å². The Bertz CT molecular complexity index is 485. The van der Waals surface area contributed by atoms with Gasteiger partial charge in [0.05, 0.1) is 25.4 Å². The monoisotopic (exact) mass is 398 g/mol. The van der Waals surface area contributed by atoms with Crippen LogP contribution in [0.3, 0.4) is 0 Å². The fourth-order valence-electron chi connectivity index (χ4n) is 4.59. The van der Waals surface area contributed by atoms with Crippen molar-refractivity contribution in [1.29, 1.82) is 0 Å². The minimum atomic E-state index is -0.771. The van der Waals surface area contributed by atoms with E-state index in [0.29, 0.717) is 32.5 Å². The van der Waals surface area contributed by atoms with E-state index in [0.717, 1.165) is 44.9 Å². The third-order valence-electron chi connectivity index (χ3n) is 6.19. The first-order valence-corrected chi connectivity index (χ1v) is 11.0. The molecule has 0 unspecified atom stereocenters. The molecule has 0 amide bonds. The summed E-state index contributed by atoms with van der Waals surface area (Å²) in [7, 11) is 0. The molecule has 1 aliphatic heterocycles. The second kappa shape index (κ2) is 11.9. The van der Waals surface area contributed by atoms with Gasteiger partial charge in [-0.25, -0.2) is 0 Å². The molecule has 2 aliphatic rings. The average molecular weight is 399 g/mol. The Morgan fingerprint density at radius 1 is 1.04 bits per heavy atom. The Morgan fingerprint density at radius 3 is 2.43 bits per heavy atom. The van der Waals surface area contributed by atoms with Gasteiger partial charge in [-0.3, -0.25) is 4.79 Å². The quantitative estimate of drug-likeness (QED) is 0.324. The highest BCUT2D eigenvalue weighted by Gasteiger charge is 2.43. The maximum absolute atomic E-state index is 10.5. The first-order chi connectivity index (χ1) is 13.5. The van der Waals surface area contributed by atoms with Crippen molar-refractivity contribution in [3.8, 4) is 0 Å². The number of hydrogen-bond acceptors (Lipinski definition) is 5. The molecule has 3 N–H and O–H groups in total. The Kier molecular flexibility index (Phi) is 9.92. The summed E-state index contributed by atoms with van der Waals surface area (Å²) in [5.74, 6) is -1.22. The molecule has 6 nitrogen and oxygen atoms in total. The highest BCUT2D eigenvalue weighted by molar-refractivity contribution is 5.66. The fourth-order valence-corrected chi connectivity index (χ4v) is 4.59. The third-order valence-corrected chi connectivity index (χ3v) is 6.19. The number of hydrogen-bond donors (Lipinski definition) is 3. The largest absolute Gasteiger partial charge is 0.481 e. The molecule has 0 radical (unpaired) electrons. The zero-order valence-electron chi connectivity index (χ0n) is 17.2. The normalized spacial score (nSPS) is 29.7. The van der Waals surface area contributed by atoms with Gasteiger partial charge in [0.2, 0.25) is 0 Å². The van der Waals surface area contributed by atoms with Crippen LogP contribution in [0.2, 0.25) is 0 Å². The lowest BCUT2D eigenvalue weighted by molar-refractivity contribution is -0.171. The van der Waals surface area contributed by atoms with E-state index in [-0.39, 0.29) is 18.3 Å². The van der Waals surface area contributed by atoms with E-state index >= 15 is 0 Å². The Hall–Kier alpha value is -0.950. The van der Waals surface area contributed by atoms with Gasteiger partial charge in [-0.15, -0.1) is 0 Å². The number of unbranched alkanes of at least 4 members (excludes halogenated alkanes) is 3. The van der Waals surface area contributed by atoms with Crippen LogP contribution in [0.25, 0.3) is 0 Å². The van der Waals surface area contributed by atoms with Crippen LogP contribution in [0, 0.1) is 11.8 Å². The van der Waals surface area contributed by atoms with Crippen LogP contribution in [0.4, 0.5) is 0 Å². The van der Waals surface area contributed by atoms with Gasteiger partial charge in [-0.05, 0) is 50.4 Å². The fraction of sp³-hybridized carbons (Fsp3) is 0.864. The van der Waals surface area contributed by atoms with Crippen molar-refractivity contribution in [2.45, 2.75) is 95.5 Å². The summed E-state index contributed by atoms with van der Waals surface area (Å²) in [6, 6.07) is 0. The van der Waals surface area contributed by atoms with Gasteiger partial charge in [-0.1, -0.05) is 31.9 Å². The second-order valence-corrected chi connectivity index (χ2v) is 8.29. The summed E-state index contributed by atoms with van der Waals surface area (Å²) in [4.78, 5) is 10.5. The molecule has 162 valence electrons. The van der Waals surface area contributed by atoms with Crippen molar-refractivity contribution in [3.63, 3.8) is 0 Å². The van der Waals surface area contributed by atoms with Crippen molar-refractivity contribution < 1.29 is 29.6 Å². The summed E-state index contributed by atoms with van der Waals surface area (Å²) in [5, 5.41) is 29.5. The van der Waals surface area contributed by atoms with Gasteiger partial charge in [0.25, 0.3) is 0 Å². The Morgan fingerprint density at radius 2 is 1.75 bits per heavy atom. The molecule has 0 bridgehead atoms. The minimum absolute atomic E-state index is 0.0276. The predicted octanol–water partition coefficient (Wildman–Crippen LogP) is 3.65. The number of carbonyl (C=O) groups is 1. The number of allylic oxidation sites excluding steroid dienone is 2. The van der Waals surface area contributed by atoms with Gasteiger partial charge in [-0.2, -0.15) is 0 Å². The lowest BCUT2D eigenvalue weighted by Crippen LogP contribution is -2.33. The van der Waals surface area contributed by atoms with Gasteiger partial charge >= 0.3 is 5.97 Å². The molecular weight excluding hydrogens is 360 g/mol. The lowest BCUT2D eigenvalue weighted by atomic mass is 9.85. The molecular formula is C22H38O6. The topological polar surface area (TPSA) is 96.2 Å². The number of rotatable bonds is 13. The molecule has 0 spiro atoms. The second-order valence-electron chi connectivity index (χ2n) is 8.29. The Labute approximate surface area is 168 Å². The van der Waals surface area contributed by atoms with E-state index in [4.69, 9.17) is 14.6 Å². The summed E-state index contributed by atoms with van der Waals surface area (Å²) in [5.41, 5.74) is 0. The molecule has 4 atom stereocenters. The first-order valence-electron chi connectivity index (χ1n) is 11.0. The van der Waals surface area contributed by atoms with Crippen LogP contribution in [0.1, 0.15) is 77.6 Å². The number of ether oxygens (including phenoxy) is 2. The van der Waals surface area contributed by atoms with Gasteiger partial charge in [0.1, 0.15) is 0 Å². The number of aliphatic hydroxyl groups is 2. The van der Waals surface area contributed by atoms with Crippen LogP contribution < -0.4 is 0 Å². The highest BCUT2D eigenvalue weighted by atomic mass is 16.7. The molecule has 1 aliphatic carbocycles. The van der Waals surface area contributed by atoms with Gasteiger partial charge in [0, 0.05) is 19.3 Å². The zero-order chi connectivity index (χ0) is 20.4. The summed E-state index contributed by atoms with van der Waals surface area (Å²) in [6.07, 6.45) is 11.5. The molecule has 1 saturated heterocycles. The molecule has 0 aromatic rings. The standard InChI is InChI=1S/C22H38O6/c1-2-3-8-12-22(27-14-15-28-22)13-11-18-17(19(23)16-20(18)24)9-6-4-5-7-10-21(25)26/h4,6,17-20,23-24H,2-3,5,7-16H2,1H3,(H,25,26)/t17-,18-,19+,20-/m1/s1. The maximum atomic E-state index is 10.5. The zero-order valence-corrected chi connectivity index (χ0v) is 17.2. The summed E-state index contributed by atoms with van der Waals surface area (Å²) in [6.45, 7) is 3.44. The van der Waals surface area contributed by atoms with Crippen molar-refractivity contribution >= 4 is 5.97 Å². The predicted molar refractivity (Wildman–Crippen MR) is 107 cm³/mol. The van der Waals surface area contributed by atoms with Crippen molar-refractivity contribution in [3.05, 3.63) is 12.2 Å². The first kappa shape index (κ1) is 23.3. The SMILES string of the molecule is CCCCCC1(CC[C@@H]2[C@@H](CC=CCCCC(=O)O)[C@@H](O)C[C@H]2O)OCCO1. The van der Waals surface area contributed by atoms with Crippen molar-refractivity contribution in [2.75, 3.05) is 13.2 Å². The van der Waals surface area contributed by atoms with E-state index in [9.17, 15) is 15.0 Å². The molecule has 2 rings (SSSR count). The third kappa shape index (κ3) is 7.14. The van der Waals surface area contributed by atoms with E-state index in [1.165, 1.54) is 0 Å². The molecule has 0 aromatic carbocycles. The van der Waals surface area contributed by atoms with Crippen LogP contribution in [-0.2, 0) is 14.3 Å². The number of carboxylic acid groups (broad SMARTS) is 1. The van der Waals surface area contributed by atoms with E-state index in [1.54, 1.807) is 0 Å². The average Bonchev–Trinajstić information content (AvgIpc) is 3.21. The molecule has 1 heterocycles. The van der Waals surface area contributed by atoms with Crippen LogP contribution in [0.15, 0.2) is 12.2 Å². The van der Waals surface area contributed by atoms with Gasteiger partial charge < -0.3 is 24.8 Å². The smallest absolute Gasteiger partial charge is 0.303 e.